The fourth-order valence-corrected chi connectivity index (χ4v) is 4.45. The summed E-state index contributed by atoms with van der Waals surface area (Å²) in [6.45, 7) is 0.776. The summed E-state index contributed by atoms with van der Waals surface area (Å²) in [6, 6.07) is 15.5. The van der Waals surface area contributed by atoms with Gasteiger partial charge in [0.15, 0.2) is 0 Å². The molecule has 4 N–H and O–H groups in total. The average molecular weight is 456 g/mol. The van der Waals surface area contributed by atoms with Gasteiger partial charge in [0.25, 0.3) is 0 Å². The number of amides is 1. The topological polar surface area (TPSA) is 76.4 Å². The molecule has 0 unspecified atom stereocenters. The number of benzene rings is 2. The van der Waals surface area contributed by atoms with E-state index in [-0.39, 0.29) is 17.4 Å². The van der Waals surface area contributed by atoms with Crippen LogP contribution in [0.3, 0.4) is 0 Å². The maximum absolute atomic E-state index is 12.6. The molecular weight excluding hydrogens is 422 g/mol. The molecule has 5 heteroatoms. The first-order valence-electron chi connectivity index (χ1n) is 12.0. The van der Waals surface area contributed by atoms with Crippen LogP contribution in [0.4, 0.5) is 11.4 Å². The van der Waals surface area contributed by atoms with E-state index in [4.69, 9.17) is 10.5 Å². The van der Waals surface area contributed by atoms with E-state index in [1.165, 1.54) is 24.8 Å². The Balaban J connectivity index is 1.38. The molecule has 5 nitrogen and oxygen atoms in total. The van der Waals surface area contributed by atoms with E-state index in [2.05, 4.69) is 40.7 Å². The number of carbonyl (C=O) groups is 1. The molecule has 176 valence electrons. The zero-order valence-electron chi connectivity index (χ0n) is 19.8. The third-order valence-electron chi connectivity index (χ3n) is 6.60. The number of rotatable bonds is 6. The number of nitrogens with two attached hydrogens (primary N) is 1. The summed E-state index contributed by atoms with van der Waals surface area (Å²) in [5, 5.41) is 6.67. The van der Waals surface area contributed by atoms with Crippen molar-refractivity contribution in [2.24, 2.45) is 5.92 Å². The number of nitrogen functional groups attached to an aromatic ring is 1. The molecule has 2 aromatic carbocycles. The number of hydrogen-bond acceptors (Lipinski definition) is 4. The van der Waals surface area contributed by atoms with Crippen LogP contribution in [0.2, 0.25) is 0 Å². The molecule has 2 aliphatic rings. The van der Waals surface area contributed by atoms with Crippen LogP contribution in [-0.2, 0) is 11.3 Å². The molecule has 4 rings (SSSR count). The molecule has 0 heterocycles. The first-order valence-corrected chi connectivity index (χ1v) is 12.0. The Morgan fingerprint density at radius 3 is 2.56 bits per heavy atom. The molecule has 0 aromatic heterocycles. The highest BCUT2D eigenvalue weighted by molar-refractivity contribution is 5.96. The number of ether oxygens (including phenoxy) is 1. The monoisotopic (exact) mass is 455 g/mol. The van der Waals surface area contributed by atoms with Crippen molar-refractivity contribution in [2.45, 2.75) is 50.6 Å². The number of allylic oxidation sites excluding steroid dienone is 3. The van der Waals surface area contributed by atoms with Crippen molar-refractivity contribution in [3.63, 3.8) is 0 Å². The van der Waals surface area contributed by atoms with E-state index in [1.807, 2.05) is 42.5 Å². The summed E-state index contributed by atoms with van der Waals surface area (Å²) in [4.78, 5) is 12.6. The van der Waals surface area contributed by atoms with Crippen molar-refractivity contribution in [3.05, 3.63) is 77.9 Å². The highest BCUT2D eigenvalue weighted by Gasteiger charge is 2.29. The van der Waals surface area contributed by atoms with Gasteiger partial charge in [0.1, 0.15) is 5.75 Å². The molecule has 34 heavy (non-hydrogen) atoms. The van der Waals surface area contributed by atoms with Crippen molar-refractivity contribution in [2.75, 3.05) is 18.2 Å². The number of carbonyl (C=O) groups excluding carboxylic acids is 1. The van der Waals surface area contributed by atoms with Gasteiger partial charge in [-0.15, -0.1) is 0 Å². The lowest BCUT2D eigenvalue weighted by atomic mass is 9.81. The molecule has 2 aromatic rings. The molecule has 0 aliphatic heterocycles. The molecule has 0 saturated heterocycles. The zero-order valence-corrected chi connectivity index (χ0v) is 19.8. The molecule has 1 saturated carbocycles. The first kappa shape index (κ1) is 23.7. The van der Waals surface area contributed by atoms with Crippen LogP contribution in [0.15, 0.2) is 72.3 Å². The van der Waals surface area contributed by atoms with E-state index >= 15 is 0 Å². The lowest BCUT2D eigenvalue weighted by Crippen LogP contribution is -2.45. The van der Waals surface area contributed by atoms with Gasteiger partial charge in [-0.25, -0.2) is 0 Å². The maximum Gasteiger partial charge on any atom is 0.231 e. The smallest absolute Gasteiger partial charge is 0.231 e. The van der Waals surface area contributed by atoms with Gasteiger partial charge in [0, 0.05) is 12.1 Å². The van der Waals surface area contributed by atoms with Crippen LogP contribution in [0, 0.1) is 17.8 Å². The second kappa shape index (κ2) is 11.1. The third-order valence-corrected chi connectivity index (χ3v) is 6.60. The predicted molar refractivity (Wildman–Crippen MR) is 138 cm³/mol. The summed E-state index contributed by atoms with van der Waals surface area (Å²) >= 11 is 0. The lowest BCUT2D eigenvalue weighted by molar-refractivity contribution is -0.118. The van der Waals surface area contributed by atoms with Gasteiger partial charge in [0.05, 0.1) is 29.9 Å². The van der Waals surface area contributed by atoms with E-state index in [0.29, 0.717) is 17.8 Å². The summed E-state index contributed by atoms with van der Waals surface area (Å²) in [6.07, 6.45) is 12.3. The van der Waals surface area contributed by atoms with Crippen molar-refractivity contribution in [1.82, 2.24) is 5.32 Å². The number of methoxy groups -OCH3 is 1. The third kappa shape index (κ3) is 6.09. The number of para-hydroxylation sites is 2. The van der Waals surface area contributed by atoms with Crippen molar-refractivity contribution in [3.8, 4) is 17.6 Å². The van der Waals surface area contributed by atoms with Gasteiger partial charge < -0.3 is 15.8 Å². The fraction of sp³-hybridized carbons (Fsp3) is 0.345. The van der Waals surface area contributed by atoms with Crippen LogP contribution in [0.25, 0.3) is 0 Å². The highest BCUT2D eigenvalue weighted by Crippen LogP contribution is 2.29. The first-order chi connectivity index (χ1) is 16.6. The Labute approximate surface area is 202 Å². The maximum atomic E-state index is 12.6. The Morgan fingerprint density at radius 2 is 1.88 bits per heavy atom. The van der Waals surface area contributed by atoms with E-state index < -0.39 is 0 Å². The van der Waals surface area contributed by atoms with Gasteiger partial charge in [-0.05, 0) is 49.1 Å². The number of anilines is 2. The Morgan fingerprint density at radius 1 is 1.12 bits per heavy atom. The number of hydrogen-bond donors (Lipinski definition) is 3. The average Bonchev–Trinajstić information content (AvgIpc) is 2.89. The number of nitrogens with one attached hydrogen (secondary N) is 2. The molecule has 1 atom stereocenters. The van der Waals surface area contributed by atoms with Crippen LogP contribution in [0.1, 0.15) is 44.1 Å². The highest BCUT2D eigenvalue weighted by atomic mass is 16.5. The van der Waals surface area contributed by atoms with Crippen LogP contribution >= 0.6 is 0 Å². The molecule has 0 radical (unpaired) electrons. The fourth-order valence-electron chi connectivity index (χ4n) is 4.45. The lowest BCUT2D eigenvalue weighted by Gasteiger charge is -2.34. The molecule has 0 bridgehead atoms. The quantitative estimate of drug-likeness (QED) is 0.413. The second-order valence-electron chi connectivity index (χ2n) is 9.03. The van der Waals surface area contributed by atoms with E-state index in [0.717, 1.165) is 30.7 Å². The summed E-state index contributed by atoms with van der Waals surface area (Å²) < 4.78 is 5.26. The molecular formula is C29H33N3O2. The van der Waals surface area contributed by atoms with Crippen LogP contribution in [-0.4, -0.2) is 18.6 Å². The zero-order chi connectivity index (χ0) is 23.8. The minimum Gasteiger partial charge on any atom is -0.497 e. The predicted octanol–water partition coefficient (Wildman–Crippen LogP) is 5.21. The van der Waals surface area contributed by atoms with Gasteiger partial charge in [-0.1, -0.05) is 73.6 Å². The second-order valence-corrected chi connectivity index (χ2v) is 9.03. The minimum absolute atomic E-state index is 0.0534. The van der Waals surface area contributed by atoms with Gasteiger partial charge in [-0.3, -0.25) is 10.1 Å². The van der Waals surface area contributed by atoms with E-state index in [9.17, 15) is 4.79 Å². The van der Waals surface area contributed by atoms with Gasteiger partial charge in [0.2, 0.25) is 5.91 Å². The minimum atomic E-state index is -0.220. The molecule has 1 amide bonds. The molecule has 0 spiro atoms. The van der Waals surface area contributed by atoms with Gasteiger partial charge >= 0.3 is 0 Å². The summed E-state index contributed by atoms with van der Waals surface area (Å²) in [5.41, 5.74) is 9.18. The van der Waals surface area contributed by atoms with Crippen molar-refractivity contribution < 1.29 is 9.53 Å². The largest absolute Gasteiger partial charge is 0.497 e. The molecule has 1 fully saturated rings. The van der Waals surface area contributed by atoms with E-state index in [1.54, 1.807) is 13.2 Å². The van der Waals surface area contributed by atoms with Gasteiger partial charge in [-0.2, -0.15) is 0 Å². The standard InChI is InChI=1S/C29H33N3O2/c1-34-25-15-11-23(12-16-25)21-31-29(18-5-2-6-19-29)20-17-22-9-13-24(14-10-22)28(33)32-27-8-4-3-7-26(27)30/h3-4,7-13,15-16,24,31H,2,5-6,14,18-19,21,30H2,1H3,(H,32,33)/t24-/m0/s1. The summed E-state index contributed by atoms with van der Waals surface area (Å²) in [5.74, 6) is 7.55. The Bertz CT molecular complexity index is 1120. The van der Waals surface area contributed by atoms with Crippen LogP contribution < -0.4 is 21.1 Å². The SMILES string of the molecule is COc1ccc(CNC2(C#CC3=CC[C@@H](C(=O)Nc4ccccc4N)C=C3)CCCCC2)cc1. The summed E-state index contributed by atoms with van der Waals surface area (Å²) in [7, 11) is 1.68. The Hall–Kier alpha value is -3.49. The van der Waals surface area contributed by atoms with Crippen LogP contribution in [0.5, 0.6) is 5.75 Å². The normalized spacial score (nSPS) is 18.9. The van der Waals surface area contributed by atoms with Crippen molar-refractivity contribution >= 4 is 17.3 Å². The molecule has 2 aliphatic carbocycles. The Kier molecular flexibility index (Phi) is 7.72. The van der Waals surface area contributed by atoms with Crippen molar-refractivity contribution in [1.29, 1.82) is 0 Å².